The van der Waals surface area contributed by atoms with Gasteiger partial charge in [-0.25, -0.2) is 0 Å². The van der Waals surface area contributed by atoms with E-state index in [-0.39, 0.29) is 17.3 Å². The molecule has 1 heterocycles. The predicted octanol–water partition coefficient (Wildman–Crippen LogP) is 4.75. The summed E-state index contributed by atoms with van der Waals surface area (Å²) in [7, 11) is 0. The van der Waals surface area contributed by atoms with Crippen LogP contribution in [0.1, 0.15) is 69.7 Å². The number of thiophene rings is 1. The molecule has 3 heteroatoms. The molecule has 0 aliphatic heterocycles. The molecule has 0 saturated carbocycles. The Morgan fingerprint density at radius 3 is 2.16 bits per heavy atom. The fourth-order valence-corrected chi connectivity index (χ4v) is 3.37. The van der Waals surface area contributed by atoms with Crippen molar-refractivity contribution in [3.8, 4) is 0 Å². The van der Waals surface area contributed by atoms with Gasteiger partial charge in [-0.15, -0.1) is 11.3 Å². The SMILES string of the molecule is CC(C)(C)c1cc(CCCC(=O)O)c(C(C)(C)C)s1. The Morgan fingerprint density at radius 2 is 1.74 bits per heavy atom. The third-order valence-electron chi connectivity index (χ3n) is 3.07. The molecule has 1 aromatic rings. The summed E-state index contributed by atoms with van der Waals surface area (Å²) in [5.74, 6) is -0.705. The number of carbonyl (C=O) groups is 1. The second kappa shape index (κ2) is 5.66. The van der Waals surface area contributed by atoms with Crippen LogP contribution in [-0.2, 0) is 22.0 Å². The molecular weight excluding hydrogens is 256 g/mol. The lowest BCUT2D eigenvalue weighted by Gasteiger charge is -2.19. The van der Waals surface area contributed by atoms with Gasteiger partial charge in [0.05, 0.1) is 0 Å². The number of carboxylic acids is 1. The molecule has 0 aliphatic carbocycles. The Kier molecular flexibility index (Phi) is 4.83. The van der Waals surface area contributed by atoms with E-state index in [2.05, 4.69) is 47.6 Å². The highest BCUT2D eigenvalue weighted by Gasteiger charge is 2.25. The Balaban J connectivity index is 3.00. The summed E-state index contributed by atoms with van der Waals surface area (Å²) in [5.41, 5.74) is 1.63. The molecule has 0 atom stereocenters. The lowest BCUT2D eigenvalue weighted by Crippen LogP contribution is -2.11. The van der Waals surface area contributed by atoms with Crippen LogP contribution in [0.25, 0.3) is 0 Å². The Hall–Kier alpha value is -0.830. The summed E-state index contributed by atoms with van der Waals surface area (Å²) in [5, 5.41) is 8.76. The first-order valence-corrected chi connectivity index (χ1v) is 7.69. The Bertz CT molecular complexity index is 444. The minimum absolute atomic E-state index is 0.132. The number of aliphatic carboxylic acids is 1. The molecule has 1 N–H and O–H groups in total. The Labute approximate surface area is 120 Å². The van der Waals surface area contributed by atoms with E-state index in [1.165, 1.54) is 15.3 Å². The molecule has 19 heavy (non-hydrogen) atoms. The highest BCUT2D eigenvalue weighted by atomic mass is 32.1. The van der Waals surface area contributed by atoms with E-state index in [9.17, 15) is 4.79 Å². The number of carboxylic acid groups (broad SMARTS) is 1. The van der Waals surface area contributed by atoms with Gasteiger partial charge in [0.25, 0.3) is 0 Å². The van der Waals surface area contributed by atoms with Gasteiger partial charge in [0.1, 0.15) is 0 Å². The molecule has 108 valence electrons. The third kappa shape index (κ3) is 4.64. The van der Waals surface area contributed by atoms with Crippen LogP contribution in [0, 0.1) is 0 Å². The molecule has 0 amide bonds. The summed E-state index contributed by atoms with van der Waals surface area (Å²) in [6, 6.07) is 2.28. The quantitative estimate of drug-likeness (QED) is 0.865. The monoisotopic (exact) mass is 282 g/mol. The summed E-state index contributed by atoms with van der Waals surface area (Å²) >= 11 is 1.88. The smallest absolute Gasteiger partial charge is 0.303 e. The molecule has 0 aliphatic rings. The van der Waals surface area contributed by atoms with E-state index in [0.29, 0.717) is 0 Å². The van der Waals surface area contributed by atoms with Crippen molar-refractivity contribution in [2.24, 2.45) is 0 Å². The largest absolute Gasteiger partial charge is 0.481 e. The van der Waals surface area contributed by atoms with Gasteiger partial charge in [0.15, 0.2) is 0 Å². The fourth-order valence-electron chi connectivity index (χ4n) is 2.05. The first-order valence-electron chi connectivity index (χ1n) is 6.87. The van der Waals surface area contributed by atoms with Crippen LogP contribution in [0.5, 0.6) is 0 Å². The van der Waals surface area contributed by atoms with E-state index in [1.807, 2.05) is 11.3 Å². The zero-order valence-corrected chi connectivity index (χ0v) is 13.8. The lowest BCUT2D eigenvalue weighted by molar-refractivity contribution is -0.137. The highest BCUT2D eigenvalue weighted by molar-refractivity contribution is 7.12. The molecule has 1 aromatic heterocycles. The van der Waals surface area contributed by atoms with Crippen LogP contribution in [0.15, 0.2) is 6.07 Å². The standard InChI is InChI=1S/C16H26O2S/c1-15(2,3)12-10-11(8-7-9-13(17)18)14(19-12)16(4,5)6/h10H,7-9H2,1-6H3,(H,17,18). The fraction of sp³-hybridized carbons (Fsp3) is 0.688. The van der Waals surface area contributed by atoms with Gasteiger partial charge in [0.2, 0.25) is 0 Å². The van der Waals surface area contributed by atoms with Crippen LogP contribution in [0.3, 0.4) is 0 Å². The topological polar surface area (TPSA) is 37.3 Å². The van der Waals surface area contributed by atoms with E-state index in [4.69, 9.17) is 5.11 Å². The predicted molar refractivity (Wildman–Crippen MR) is 82.3 cm³/mol. The first kappa shape index (κ1) is 16.2. The average molecular weight is 282 g/mol. The van der Waals surface area contributed by atoms with Crippen LogP contribution in [0.2, 0.25) is 0 Å². The maximum atomic E-state index is 10.6. The third-order valence-corrected chi connectivity index (χ3v) is 5.09. The molecule has 2 nitrogen and oxygen atoms in total. The number of hydrogen-bond acceptors (Lipinski definition) is 2. The van der Waals surface area contributed by atoms with Crippen molar-refractivity contribution >= 4 is 17.3 Å². The van der Waals surface area contributed by atoms with Crippen molar-refractivity contribution in [1.29, 1.82) is 0 Å². The van der Waals surface area contributed by atoms with Gasteiger partial charge >= 0.3 is 5.97 Å². The van der Waals surface area contributed by atoms with E-state index >= 15 is 0 Å². The highest BCUT2D eigenvalue weighted by Crippen LogP contribution is 2.39. The molecule has 0 aromatic carbocycles. The van der Waals surface area contributed by atoms with E-state index in [1.54, 1.807) is 0 Å². The van der Waals surface area contributed by atoms with E-state index in [0.717, 1.165) is 12.8 Å². The molecule has 0 fully saturated rings. The second-order valence-electron chi connectivity index (χ2n) is 7.21. The van der Waals surface area contributed by atoms with Gasteiger partial charge in [-0.2, -0.15) is 0 Å². The minimum atomic E-state index is -0.705. The molecule has 0 saturated heterocycles. The zero-order valence-electron chi connectivity index (χ0n) is 13.0. The first-order chi connectivity index (χ1) is 8.51. The van der Waals surface area contributed by atoms with Gasteiger partial charge in [-0.3, -0.25) is 4.79 Å². The Morgan fingerprint density at radius 1 is 1.16 bits per heavy atom. The number of aryl methyl sites for hydroxylation is 1. The van der Waals surface area contributed by atoms with Crippen molar-refractivity contribution in [3.05, 3.63) is 21.4 Å². The summed E-state index contributed by atoms with van der Waals surface area (Å²) in [4.78, 5) is 13.4. The van der Waals surface area contributed by atoms with Gasteiger partial charge in [-0.05, 0) is 35.3 Å². The number of rotatable bonds is 4. The summed E-state index contributed by atoms with van der Waals surface area (Å²) in [6.07, 6.45) is 1.84. The minimum Gasteiger partial charge on any atom is -0.481 e. The average Bonchev–Trinajstić information content (AvgIpc) is 2.59. The van der Waals surface area contributed by atoms with Crippen molar-refractivity contribution in [2.45, 2.75) is 71.6 Å². The molecular formula is C16H26O2S. The van der Waals surface area contributed by atoms with Crippen molar-refractivity contribution in [3.63, 3.8) is 0 Å². The van der Waals surface area contributed by atoms with Crippen LogP contribution in [0.4, 0.5) is 0 Å². The number of hydrogen-bond donors (Lipinski definition) is 1. The summed E-state index contributed by atoms with van der Waals surface area (Å²) < 4.78 is 0. The molecule has 1 rings (SSSR count). The van der Waals surface area contributed by atoms with Crippen molar-refractivity contribution in [1.82, 2.24) is 0 Å². The van der Waals surface area contributed by atoms with Crippen LogP contribution in [-0.4, -0.2) is 11.1 Å². The maximum absolute atomic E-state index is 10.6. The maximum Gasteiger partial charge on any atom is 0.303 e. The lowest BCUT2D eigenvalue weighted by atomic mass is 9.88. The molecule has 0 unspecified atom stereocenters. The van der Waals surface area contributed by atoms with Crippen molar-refractivity contribution < 1.29 is 9.90 Å². The van der Waals surface area contributed by atoms with E-state index < -0.39 is 5.97 Å². The molecule has 0 radical (unpaired) electrons. The van der Waals surface area contributed by atoms with Gasteiger partial charge < -0.3 is 5.11 Å². The molecule has 0 bridgehead atoms. The normalized spacial score (nSPS) is 12.7. The summed E-state index contributed by atoms with van der Waals surface area (Å²) in [6.45, 7) is 13.4. The second-order valence-corrected chi connectivity index (χ2v) is 8.26. The van der Waals surface area contributed by atoms with Gasteiger partial charge in [-0.1, -0.05) is 41.5 Å². The molecule has 0 spiro atoms. The van der Waals surface area contributed by atoms with Crippen LogP contribution < -0.4 is 0 Å². The van der Waals surface area contributed by atoms with Gasteiger partial charge in [0, 0.05) is 16.2 Å². The van der Waals surface area contributed by atoms with Crippen LogP contribution >= 0.6 is 11.3 Å². The zero-order chi connectivity index (χ0) is 14.8. The van der Waals surface area contributed by atoms with Crippen molar-refractivity contribution in [2.75, 3.05) is 0 Å².